The predicted octanol–water partition coefficient (Wildman–Crippen LogP) is 5.06. The van der Waals surface area contributed by atoms with E-state index in [4.69, 9.17) is 0 Å². The lowest BCUT2D eigenvalue weighted by atomic mass is 10.1. The molecule has 3 aromatic rings. The van der Waals surface area contributed by atoms with Gasteiger partial charge in [-0.2, -0.15) is 0 Å². The molecule has 3 heterocycles. The van der Waals surface area contributed by atoms with Crippen molar-refractivity contribution in [3.05, 3.63) is 78.0 Å². The smallest absolute Gasteiger partial charge is 0.257 e. The number of fused-ring (bicyclic) bond motifs is 2. The number of aromatic nitrogens is 1. The van der Waals surface area contributed by atoms with Crippen LogP contribution in [0.2, 0.25) is 0 Å². The van der Waals surface area contributed by atoms with Crippen molar-refractivity contribution in [3.63, 3.8) is 0 Å². The number of nitrogens with one attached hydrogen (secondary N) is 1. The number of pyridine rings is 1. The molecule has 2 aliphatic rings. The largest absolute Gasteiger partial charge is 0.372 e. The first kappa shape index (κ1) is 29.3. The lowest BCUT2D eigenvalue weighted by Gasteiger charge is -2.27. The Morgan fingerprint density at radius 3 is 2.40 bits per heavy atom. The normalized spacial score (nSPS) is 14.3. The molecule has 3 amide bonds. The van der Waals surface area contributed by atoms with E-state index in [9.17, 15) is 14.4 Å². The molecule has 0 saturated carbocycles. The number of benzene rings is 2. The van der Waals surface area contributed by atoms with Crippen LogP contribution in [-0.4, -0.2) is 71.8 Å². The second kappa shape index (κ2) is 13.6. The van der Waals surface area contributed by atoms with E-state index < -0.39 is 0 Å². The molecule has 0 aliphatic carbocycles. The first-order valence-corrected chi connectivity index (χ1v) is 15.0. The lowest BCUT2D eigenvalue weighted by molar-refractivity contribution is -0.133. The van der Waals surface area contributed by atoms with Gasteiger partial charge in [-0.25, -0.2) is 4.98 Å². The van der Waals surface area contributed by atoms with Crippen LogP contribution in [0.1, 0.15) is 55.5 Å². The standard InChI is InChI=1S/C33H40N6O3/c1-3-36(24-25-13-15-26(16-14-25)38-20-7-8-21-38)22-23-37(4-2)30(40)17-18-31(41)39-29-12-6-5-10-27(29)33(42)35-28-11-9-19-34-32(28)39/h5-6,9-16,19H,3-4,7-8,17-18,20-24H2,1-2H3,(H,35,42). The highest BCUT2D eigenvalue weighted by Crippen LogP contribution is 2.36. The second-order valence-corrected chi connectivity index (χ2v) is 10.8. The van der Waals surface area contributed by atoms with Gasteiger partial charge in [0.2, 0.25) is 11.8 Å². The number of amides is 3. The van der Waals surface area contributed by atoms with E-state index in [1.165, 1.54) is 29.0 Å². The maximum atomic E-state index is 13.6. The number of hydrogen-bond donors (Lipinski definition) is 1. The third kappa shape index (κ3) is 6.62. The molecule has 0 bridgehead atoms. The van der Waals surface area contributed by atoms with Crippen molar-refractivity contribution >= 4 is 40.6 Å². The fourth-order valence-electron chi connectivity index (χ4n) is 5.69. The molecule has 1 fully saturated rings. The van der Waals surface area contributed by atoms with Crippen LogP contribution in [0, 0.1) is 0 Å². The molecular formula is C33H40N6O3. The van der Waals surface area contributed by atoms with E-state index >= 15 is 0 Å². The van der Waals surface area contributed by atoms with Crippen LogP contribution in [0.5, 0.6) is 0 Å². The summed E-state index contributed by atoms with van der Waals surface area (Å²) in [5.41, 5.74) is 3.86. The fraction of sp³-hybridized carbons (Fsp3) is 0.394. The van der Waals surface area contributed by atoms with Gasteiger partial charge in [0.1, 0.15) is 0 Å². The summed E-state index contributed by atoms with van der Waals surface area (Å²) in [6.45, 7) is 10.0. The topological polar surface area (TPSA) is 89.1 Å². The zero-order chi connectivity index (χ0) is 29.5. The van der Waals surface area contributed by atoms with Gasteiger partial charge < -0.3 is 15.1 Å². The minimum absolute atomic E-state index is 0.00866. The van der Waals surface area contributed by atoms with Gasteiger partial charge >= 0.3 is 0 Å². The number of carbonyl (C=O) groups is 3. The lowest BCUT2D eigenvalue weighted by Crippen LogP contribution is -2.39. The molecular weight excluding hydrogens is 528 g/mol. The maximum absolute atomic E-state index is 13.6. The van der Waals surface area contributed by atoms with E-state index in [-0.39, 0.29) is 30.6 Å². The SMILES string of the molecule is CCN(CCN(CC)C(=O)CCC(=O)N1c2ccccc2C(=O)Nc2cccnc21)Cc1ccc(N2CCCC2)cc1. The molecule has 1 N–H and O–H groups in total. The molecule has 1 aromatic heterocycles. The van der Waals surface area contributed by atoms with Crippen molar-refractivity contribution in [1.29, 1.82) is 0 Å². The van der Waals surface area contributed by atoms with Crippen LogP contribution in [-0.2, 0) is 16.1 Å². The highest BCUT2D eigenvalue weighted by atomic mass is 16.2. The van der Waals surface area contributed by atoms with E-state index in [1.54, 1.807) is 42.6 Å². The fourth-order valence-corrected chi connectivity index (χ4v) is 5.69. The van der Waals surface area contributed by atoms with Crippen molar-refractivity contribution in [3.8, 4) is 0 Å². The Morgan fingerprint density at radius 1 is 0.905 bits per heavy atom. The molecule has 1 saturated heterocycles. The van der Waals surface area contributed by atoms with Gasteiger partial charge in [-0.1, -0.05) is 31.2 Å². The van der Waals surface area contributed by atoms with Crippen molar-refractivity contribution in [2.45, 2.75) is 46.1 Å². The van der Waals surface area contributed by atoms with Gasteiger partial charge in [0.15, 0.2) is 5.82 Å². The minimum atomic E-state index is -0.300. The molecule has 220 valence electrons. The molecule has 2 aliphatic heterocycles. The zero-order valence-corrected chi connectivity index (χ0v) is 24.6. The zero-order valence-electron chi connectivity index (χ0n) is 24.6. The molecule has 0 atom stereocenters. The molecule has 9 heteroatoms. The third-order valence-electron chi connectivity index (χ3n) is 8.12. The number of nitrogens with zero attached hydrogens (tertiary/aromatic N) is 5. The Bertz CT molecular complexity index is 1400. The Hall–Kier alpha value is -4.24. The van der Waals surface area contributed by atoms with Crippen LogP contribution in [0.3, 0.4) is 0 Å². The minimum Gasteiger partial charge on any atom is -0.372 e. The summed E-state index contributed by atoms with van der Waals surface area (Å²) in [4.78, 5) is 52.1. The Morgan fingerprint density at radius 2 is 1.67 bits per heavy atom. The quantitative estimate of drug-likeness (QED) is 0.348. The Balaban J connectivity index is 1.18. The third-order valence-corrected chi connectivity index (χ3v) is 8.12. The number of anilines is 4. The molecule has 5 rings (SSSR count). The van der Waals surface area contributed by atoms with Gasteiger partial charge in [-0.05, 0) is 68.3 Å². The van der Waals surface area contributed by atoms with Crippen molar-refractivity contribution in [2.24, 2.45) is 0 Å². The van der Waals surface area contributed by atoms with Gasteiger partial charge in [0, 0.05) is 64.0 Å². The summed E-state index contributed by atoms with van der Waals surface area (Å²) in [5, 5.41) is 2.84. The van der Waals surface area contributed by atoms with Crippen LogP contribution >= 0.6 is 0 Å². The highest BCUT2D eigenvalue weighted by molar-refractivity contribution is 6.17. The molecule has 0 spiro atoms. The van der Waals surface area contributed by atoms with E-state index in [0.29, 0.717) is 35.8 Å². The number of likely N-dealkylation sites (N-methyl/N-ethyl adjacent to an activating group) is 2. The maximum Gasteiger partial charge on any atom is 0.257 e. The Labute approximate surface area is 248 Å². The van der Waals surface area contributed by atoms with Crippen molar-refractivity contribution < 1.29 is 14.4 Å². The van der Waals surface area contributed by atoms with E-state index in [0.717, 1.165) is 32.7 Å². The van der Waals surface area contributed by atoms with Crippen LogP contribution in [0.25, 0.3) is 0 Å². The summed E-state index contributed by atoms with van der Waals surface area (Å²) in [5.74, 6) is -0.287. The first-order chi connectivity index (χ1) is 20.5. The van der Waals surface area contributed by atoms with Crippen LogP contribution < -0.4 is 15.1 Å². The average Bonchev–Trinajstić information content (AvgIpc) is 3.52. The molecule has 9 nitrogen and oxygen atoms in total. The summed E-state index contributed by atoms with van der Waals surface area (Å²) < 4.78 is 0. The average molecular weight is 569 g/mol. The Kier molecular flexibility index (Phi) is 9.48. The number of hydrogen-bond acceptors (Lipinski definition) is 6. The second-order valence-electron chi connectivity index (χ2n) is 10.8. The summed E-state index contributed by atoms with van der Waals surface area (Å²) in [6.07, 6.45) is 4.21. The summed E-state index contributed by atoms with van der Waals surface area (Å²) in [7, 11) is 0. The van der Waals surface area contributed by atoms with E-state index in [1.807, 2.05) is 11.8 Å². The van der Waals surface area contributed by atoms with Gasteiger partial charge in [-0.15, -0.1) is 0 Å². The van der Waals surface area contributed by atoms with E-state index in [2.05, 4.69) is 51.3 Å². The number of para-hydroxylation sites is 1. The predicted molar refractivity (Wildman–Crippen MR) is 166 cm³/mol. The molecule has 0 unspecified atom stereocenters. The summed E-state index contributed by atoms with van der Waals surface area (Å²) in [6, 6.07) is 19.2. The number of rotatable bonds is 11. The first-order valence-electron chi connectivity index (χ1n) is 15.0. The van der Waals surface area contributed by atoms with Crippen molar-refractivity contribution in [1.82, 2.24) is 14.8 Å². The monoisotopic (exact) mass is 568 g/mol. The van der Waals surface area contributed by atoms with Gasteiger partial charge in [-0.3, -0.25) is 24.2 Å². The van der Waals surface area contributed by atoms with Gasteiger partial charge in [0.05, 0.1) is 16.9 Å². The summed E-state index contributed by atoms with van der Waals surface area (Å²) >= 11 is 0. The van der Waals surface area contributed by atoms with Crippen LogP contribution in [0.15, 0.2) is 66.9 Å². The molecule has 42 heavy (non-hydrogen) atoms. The highest BCUT2D eigenvalue weighted by Gasteiger charge is 2.30. The molecule has 2 aromatic carbocycles. The molecule has 0 radical (unpaired) electrons. The van der Waals surface area contributed by atoms with Crippen molar-refractivity contribution in [2.75, 3.05) is 54.4 Å². The number of carbonyl (C=O) groups excluding carboxylic acids is 3. The van der Waals surface area contributed by atoms with Gasteiger partial charge in [0.25, 0.3) is 5.91 Å². The van der Waals surface area contributed by atoms with Crippen LogP contribution in [0.4, 0.5) is 22.9 Å².